The number of esters is 1. The molecule has 2 aromatic rings. The monoisotopic (exact) mass is 356 g/mol. The van der Waals surface area contributed by atoms with E-state index < -0.39 is 18.0 Å². The summed E-state index contributed by atoms with van der Waals surface area (Å²) in [6.07, 6.45) is -1.05. The highest BCUT2D eigenvalue weighted by atomic mass is 32.1. The molecule has 1 aromatic heterocycles. The maximum absolute atomic E-state index is 12.0. The number of carbonyl (C=O) groups is 3. The molecule has 1 atom stereocenters. The molecular weight excluding hydrogens is 340 g/mol. The van der Waals surface area contributed by atoms with Gasteiger partial charge in [0.15, 0.2) is 11.9 Å². The number of hydrogen-bond acceptors (Lipinski definition) is 6. The molecule has 6 nitrogen and oxygen atoms in total. The Morgan fingerprint density at radius 2 is 2.04 bits per heavy atom. The Kier molecular flexibility index (Phi) is 6.43. The average molecular weight is 356 g/mol. The lowest BCUT2D eigenvalue weighted by atomic mass is 10.2. The van der Waals surface area contributed by atoms with E-state index in [4.69, 9.17) is 10.00 Å². The maximum atomic E-state index is 12.0. The number of carbonyl (C=O) groups excluding carboxylic acids is 3. The van der Waals surface area contributed by atoms with Crippen LogP contribution in [-0.4, -0.2) is 23.8 Å². The fourth-order valence-corrected chi connectivity index (χ4v) is 2.69. The molecule has 0 fully saturated rings. The minimum Gasteiger partial charge on any atom is -0.453 e. The molecule has 1 aromatic carbocycles. The van der Waals surface area contributed by atoms with Gasteiger partial charge in [0.2, 0.25) is 0 Å². The Bertz CT molecular complexity index is 809. The molecule has 7 heteroatoms. The minimum atomic E-state index is -1.00. The van der Waals surface area contributed by atoms with Crippen LogP contribution in [0.3, 0.4) is 0 Å². The third kappa shape index (κ3) is 5.55. The summed E-state index contributed by atoms with van der Waals surface area (Å²) in [7, 11) is 0. The Balaban J connectivity index is 1.80. The summed E-state index contributed by atoms with van der Waals surface area (Å²) in [4.78, 5) is 36.2. The molecule has 2 rings (SSSR count). The number of nitriles is 1. The van der Waals surface area contributed by atoms with Gasteiger partial charge >= 0.3 is 5.97 Å². The van der Waals surface area contributed by atoms with Crippen molar-refractivity contribution in [3.8, 4) is 6.07 Å². The summed E-state index contributed by atoms with van der Waals surface area (Å²) < 4.78 is 5.04. The van der Waals surface area contributed by atoms with Gasteiger partial charge in [-0.3, -0.25) is 14.4 Å². The van der Waals surface area contributed by atoms with Gasteiger partial charge in [-0.25, -0.2) is 0 Å². The first-order chi connectivity index (χ1) is 12.0. The highest BCUT2D eigenvalue weighted by Gasteiger charge is 2.19. The number of nitrogens with one attached hydrogen (secondary N) is 1. The van der Waals surface area contributed by atoms with E-state index >= 15 is 0 Å². The number of ether oxygens (including phenoxy) is 1. The quantitative estimate of drug-likeness (QED) is 0.607. The normalized spacial score (nSPS) is 11.2. The summed E-state index contributed by atoms with van der Waals surface area (Å²) in [5.41, 5.74) is 0.856. The zero-order chi connectivity index (χ0) is 18.2. The fourth-order valence-electron chi connectivity index (χ4n) is 2.00. The minimum absolute atomic E-state index is 0.0396. The number of amides is 1. The summed E-state index contributed by atoms with van der Waals surface area (Å²) >= 11 is 1.32. The maximum Gasteiger partial charge on any atom is 0.307 e. The number of nitrogens with zero attached hydrogens (tertiary/aromatic N) is 1. The summed E-state index contributed by atoms with van der Waals surface area (Å²) in [5, 5.41) is 13.2. The largest absolute Gasteiger partial charge is 0.453 e. The van der Waals surface area contributed by atoms with Crippen LogP contribution in [0.25, 0.3) is 0 Å². The van der Waals surface area contributed by atoms with Gasteiger partial charge in [0, 0.05) is 12.1 Å². The number of thiophene rings is 1. The Morgan fingerprint density at radius 3 is 2.72 bits per heavy atom. The molecule has 0 spiro atoms. The molecular formula is C18H16N2O4S. The van der Waals surface area contributed by atoms with Gasteiger partial charge in [-0.1, -0.05) is 12.1 Å². The predicted octanol–water partition coefficient (Wildman–Crippen LogP) is 3.15. The lowest BCUT2D eigenvalue weighted by Gasteiger charge is -2.13. The molecule has 128 valence electrons. The van der Waals surface area contributed by atoms with Crippen molar-refractivity contribution in [3.05, 3.63) is 52.2 Å². The van der Waals surface area contributed by atoms with Crippen molar-refractivity contribution in [2.75, 3.05) is 5.32 Å². The van der Waals surface area contributed by atoms with E-state index in [2.05, 4.69) is 5.32 Å². The van der Waals surface area contributed by atoms with Crippen molar-refractivity contribution >= 4 is 34.7 Å². The highest BCUT2D eigenvalue weighted by Crippen LogP contribution is 2.13. The fraction of sp³-hybridized carbons (Fsp3) is 0.222. The number of ketones is 1. The average Bonchev–Trinajstić information content (AvgIpc) is 3.14. The molecule has 25 heavy (non-hydrogen) atoms. The van der Waals surface area contributed by atoms with Gasteiger partial charge in [0.05, 0.1) is 22.9 Å². The van der Waals surface area contributed by atoms with Crippen LogP contribution in [0.5, 0.6) is 0 Å². The topological polar surface area (TPSA) is 96.3 Å². The van der Waals surface area contributed by atoms with Gasteiger partial charge in [-0.15, -0.1) is 11.3 Å². The number of benzene rings is 1. The van der Waals surface area contributed by atoms with Crippen LogP contribution in [0.2, 0.25) is 0 Å². The van der Waals surface area contributed by atoms with Gasteiger partial charge in [0.25, 0.3) is 5.91 Å². The van der Waals surface area contributed by atoms with Crippen LogP contribution in [-0.2, 0) is 14.3 Å². The smallest absolute Gasteiger partial charge is 0.307 e. The molecule has 0 aliphatic carbocycles. The van der Waals surface area contributed by atoms with Crippen molar-refractivity contribution in [1.82, 2.24) is 0 Å². The van der Waals surface area contributed by atoms with E-state index in [0.29, 0.717) is 16.1 Å². The second-order valence-electron chi connectivity index (χ2n) is 5.21. The lowest BCUT2D eigenvalue weighted by Crippen LogP contribution is -2.30. The van der Waals surface area contributed by atoms with E-state index in [1.807, 2.05) is 6.07 Å². The zero-order valence-corrected chi connectivity index (χ0v) is 14.3. The number of anilines is 1. The summed E-state index contributed by atoms with van der Waals surface area (Å²) in [6.45, 7) is 1.45. The first-order valence-corrected chi connectivity index (χ1v) is 8.45. The molecule has 0 saturated heterocycles. The Hall–Kier alpha value is -2.98. The van der Waals surface area contributed by atoms with Crippen molar-refractivity contribution < 1.29 is 19.1 Å². The van der Waals surface area contributed by atoms with E-state index in [1.165, 1.54) is 24.3 Å². The second kappa shape index (κ2) is 8.76. The molecule has 0 radical (unpaired) electrons. The number of Topliss-reactive ketones (excluding diaryl/α,β-unsaturated/α-hetero) is 1. The van der Waals surface area contributed by atoms with E-state index in [9.17, 15) is 14.4 Å². The summed E-state index contributed by atoms with van der Waals surface area (Å²) in [6, 6.07) is 11.8. The van der Waals surface area contributed by atoms with Crippen LogP contribution < -0.4 is 5.32 Å². The predicted molar refractivity (Wildman–Crippen MR) is 93.2 cm³/mol. The molecule has 1 heterocycles. The molecule has 1 amide bonds. The Labute approximate surface area is 149 Å². The molecule has 0 saturated carbocycles. The van der Waals surface area contributed by atoms with Crippen LogP contribution in [0.1, 0.15) is 35.0 Å². The van der Waals surface area contributed by atoms with E-state index in [0.717, 1.165) is 0 Å². The van der Waals surface area contributed by atoms with Crippen molar-refractivity contribution in [2.45, 2.75) is 25.9 Å². The first-order valence-electron chi connectivity index (χ1n) is 7.57. The van der Waals surface area contributed by atoms with E-state index in [1.54, 1.807) is 35.7 Å². The molecule has 1 N–H and O–H groups in total. The molecule has 0 bridgehead atoms. The van der Waals surface area contributed by atoms with Gasteiger partial charge in [0.1, 0.15) is 0 Å². The zero-order valence-electron chi connectivity index (χ0n) is 13.5. The van der Waals surface area contributed by atoms with Gasteiger partial charge in [-0.05, 0) is 36.6 Å². The van der Waals surface area contributed by atoms with Crippen LogP contribution >= 0.6 is 11.3 Å². The van der Waals surface area contributed by atoms with Crippen molar-refractivity contribution in [3.63, 3.8) is 0 Å². The van der Waals surface area contributed by atoms with Crippen LogP contribution in [0, 0.1) is 11.3 Å². The number of hydrogen-bond donors (Lipinski definition) is 1. The molecule has 0 aliphatic rings. The third-order valence-corrected chi connectivity index (χ3v) is 4.20. The summed E-state index contributed by atoms with van der Waals surface area (Å²) in [5.74, 6) is -1.25. The molecule has 0 aliphatic heterocycles. The highest BCUT2D eigenvalue weighted by molar-refractivity contribution is 7.12. The lowest BCUT2D eigenvalue weighted by molar-refractivity contribution is -0.153. The number of rotatable bonds is 7. The van der Waals surface area contributed by atoms with Crippen LogP contribution in [0.4, 0.5) is 5.69 Å². The van der Waals surface area contributed by atoms with Gasteiger partial charge < -0.3 is 10.1 Å². The van der Waals surface area contributed by atoms with Crippen molar-refractivity contribution in [2.24, 2.45) is 0 Å². The van der Waals surface area contributed by atoms with E-state index in [-0.39, 0.29) is 18.6 Å². The van der Waals surface area contributed by atoms with Gasteiger partial charge in [-0.2, -0.15) is 5.26 Å². The standard InChI is InChI=1S/C18H16N2O4S/c1-12(18(23)20-14-5-2-4-13(10-14)11-19)24-17(22)8-7-15(21)16-6-3-9-25-16/h2-6,9-10,12H,7-8H2,1H3,(H,20,23)/t12-/m1/s1. The van der Waals surface area contributed by atoms with Crippen molar-refractivity contribution in [1.29, 1.82) is 5.26 Å². The van der Waals surface area contributed by atoms with Crippen LogP contribution in [0.15, 0.2) is 41.8 Å². The third-order valence-electron chi connectivity index (χ3n) is 3.29. The molecule has 0 unspecified atom stereocenters. The Morgan fingerprint density at radius 1 is 1.24 bits per heavy atom. The first kappa shape index (κ1) is 18.4. The second-order valence-corrected chi connectivity index (χ2v) is 6.16. The SMILES string of the molecule is C[C@@H](OC(=O)CCC(=O)c1cccs1)C(=O)Nc1cccc(C#N)c1.